The predicted octanol–water partition coefficient (Wildman–Crippen LogP) is 14.6. The molecule has 4 nitrogen and oxygen atoms in total. The van der Waals surface area contributed by atoms with E-state index in [1.165, 1.54) is 43.4 Å². The molecule has 0 saturated carbocycles. The average Bonchev–Trinajstić information content (AvgIpc) is 3.56. The molecule has 0 atom stereocenters. The fraction of sp³-hybridized carbons (Fsp3) is 0.236. The van der Waals surface area contributed by atoms with E-state index in [1.807, 2.05) is 24.3 Å². The van der Waals surface area contributed by atoms with E-state index in [2.05, 4.69) is 222 Å². The normalized spacial score (nSPS) is 13.5. The number of nitrogens with zero attached hydrogens (tertiary/aromatic N) is 4. The van der Waals surface area contributed by atoms with Crippen molar-refractivity contribution in [2.75, 3.05) is 9.80 Å². The summed E-state index contributed by atoms with van der Waals surface area (Å²) in [6, 6.07) is 58.1. The lowest BCUT2D eigenvalue weighted by atomic mass is 9.95. The zero-order chi connectivity index (χ0) is 45.3. The quantitative estimate of drug-likeness (QED) is 0.128. The third-order valence-electron chi connectivity index (χ3n) is 13.3. The molecule has 1 aliphatic carbocycles. The van der Waals surface area contributed by atoms with Gasteiger partial charge < -0.3 is 9.80 Å². The van der Waals surface area contributed by atoms with Crippen molar-refractivity contribution in [3.63, 3.8) is 0 Å². The largest absolute Gasteiger partial charge is 0.310 e. The summed E-state index contributed by atoms with van der Waals surface area (Å²) in [7, 11) is -7.38. The van der Waals surface area contributed by atoms with Gasteiger partial charge >= 0.3 is 0 Å². The lowest BCUT2D eigenvalue weighted by molar-refractivity contribution is 0.952. The van der Waals surface area contributed by atoms with Gasteiger partial charge in [-0.2, -0.15) is 10.5 Å². The summed E-state index contributed by atoms with van der Waals surface area (Å²) in [5.41, 5.74) is 13.4. The maximum Gasteiger partial charge on any atom is 0.0991 e. The molecule has 7 aromatic rings. The van der Waals surface area contributed by atoms with Crippen molar-refractivity contribution < 1.29 is 0 Å². The second-order valence-corrected chi connectivity index (χ2v) is 42.6. The van der Waals surface area contributed by atoms with E-state index in [0.29, 0.717) is 11.1 Å². The maximum absolute atomic E-state index is 9.83. The highest BCUT2D eigenvalue weighted by molar-refractivity contribution is 7.00. The molecule has 0 heterocycles. The third-order valence-corrected chi connectivity index (χ3v) is 27.6. The summed E-state index contributed by atoms with van der Waals surface area (Å²) in [4.78, 5) is 4.82. The van der Waals surface area contributed by atoms with E-state index >= 15 is 0 Å². The number of nitriles is 2. The topological polar surface area (TPSA) is 54.1 Å². The lowest BCUT2D eigenvalue weighted by Crippen LogP contribution is -2.63. The Kier molecular flexibility index (Phi) is 11.0. The highest BCUT2D eigenvalue weighted by Crippen LogP contribution is 2.62. The molecule has 0 amide bonds. The first-order chi connectivity index (χ1) is 29.7. The van der Waals surface area contributed by atoms with Crippen LogP contribution in [0.15, 0.2) is 146 Å². The lowest BCUT2D eigenvalue weighted by Gasteiger charge is -2.51. The van der Waals surface area contributed by atoms with Crippen LogP contribution in [0.4, 0.5) is 34.1 Å². The third kappa shape index (κ3) is 7.53. The molecule has 0 bridgehead atoms. The van der Waals surface area contributed by atoms with Gasteiger partial charge in [-0.1, -0.05) is 144 Å². The minimum atomic E-state index is -2.15. The van der Waals surface area contributed by atoms with Gasteiger partial charge in [-0.3, -0.25) is 0 Å². The van der Waals surface area contributed by atoms with Crippen LogP contribution in [0.25, 0.3) is 21.9 Å². The zero-order valence-corrected chi connectivity index (χ0v) is 43.1. The Balaban J connectivity index is 1.43. The Morgan fingerprint density at radius 1 is 0.413 bits per heavy atom. The van der Waals surface area contributed by atoms with Crippen LogP contribution in [0.1, 0.15) is 22.3 Å². The number of rotatable bonds is 10. The van der Waals surface area contributed by atoms with Gasteiger partial charge in [0.05, 0.1) is 61.2 Å². The van der Waals surface area contributed by atoms with Crippen LogP contribution in [0, 0.1) is 22.7 Å². The summed E-state index contributed by atoms with van der Waals surface area (Å²) >= 11 is 0. The molecule has 0 radical (unpaired) electrons. The van der Waals surface area contributed by atoms with Crippen LogP contribution < -0.4 is 20.2 Å². The maximum atomic E-state index is 9.83. The van der Waals surface area contributed by atoms with Gasteiger partial charge in [-0.25, -0.2) is 0 Å². The van der Waals surface area contributed by atoms with Crippen molar-refractivity contribution in [3.8, 4) is 23.3 Å². The molecule has 63 heavy (non-hydrogen) atoms. The predicted molar refractivity (Wildman–Crippen MR) is 282 cm³/mol. The van der Waals surface area contributed by atoms with E-state index in [-0.39, 0.29) is 4.66 Å². The molecular formula is C55H60N4Si4. The second-order valence-electron chi connectivity index (χ2n) is 21.4. The molecule has 0 aliphatic heterocycles. The van der Waals surface area contributed by atoms with Crippen LogP contribution in [0.3, 0.4) is 0 Å². The molecular weight excluding hydrogens is 829 g/mol. The first kappa shape index (κ1) is 43.9. The van der Waals surface area contributed by atoms with Crippen LogP contribution in [-0.2, 0) is 4.66 Å². The van der Waals surface area contributed by atoms with Crippen molar-refractivity contribution in [2.45, 2.75) is 83.2 Å². The number of hydrogen-bond donors (Lipinski definition) is 0. The monoisotopic (exact) mass is 888 g/mol. The summed E-state index contributed by atoms with van der Waals surface area (Å²) < 4.78 is -0.171. The van der Waals surface area contributed by atoms with Crippen LogP contribution >= 0.6 is 0 Å². The molecule has 0 saturated heterocycles. The number of fused-ring (bicyclic) bond motifs is 5. The van der Waals surface area contributed by atoms with Gasteiger partial charge in [0.2, 0.25) is 0 Å². The van der Waals surface area contributed by atoms with Crippen molar-refractivity contribution >= 4 is 87.6 Å². The highest BCUT2D eigenvalue weighted by atomic mass is 28.4. The smallest absolute Gasteiger partial charge is 0.0991 e. The van der Waals surface area contributed by atoms with E-state index in [9.17, 15) is 10.5 Å². The van der Waals surface area contributed by atoms with Crippen LogP contribution in [0.5, 0.6) is 0 Å². The summed E-state index contributed by atoms with van der Waals surface area (Å²) in [6.45, 7) is 29.9. The summed E-state index contributed by atoms with van der Waals surface area (Å²) in [5, 5.41) is 24.9. The Labute approximate surface area is 380 Å². The Hall–Kier alpha value is -5.75. The number of hydrogen-bond acceptors (Lipinski definition) is 4. The molecule has 0 fully saturated rings. The van der Waals surface area contributed by atoms with Crippen molar-refractivity contribution in [1.82, 2.24) is 0 Å². The SMILES string of the molecule is C[Si](C)(C)c1ccc(N(c2ccc(C#N)cc2)c2ccc3c(c2)C([Si](C)(C)C)([Si](C)(C)C)c2cc(N(c4ccc(C#N)cc4)c4ccc([Si](C)(C)C)cc4)c4ccccc4c2-3)cc1. The Bertz CT molecular complexity index is 2920. The van der Waals surface area contributed by atoms with E-state index in [4.69, 9.17) is 0 Å². The molecule has 0 spiro atoms. The molecule has 8 heteroatoms. The molecule has 7 aromatic carbocycles. The number of benzene rings is 7. The number of anilines is 6. The van der Waals surface area contributed by atoms with Crippen molar-refractivity contribution in [1.29, 1.82) is 10.5 Å². The second kappa shape index (κ2) is 15.8. The highest BCUT2D eigenvalue weighted by Gasteiger charge is 2.60. The van der Waals surface area contributed by atoms with Gasteiger partial charge in [-0.15, -0.1) is 0 Å². The Morgan fingerprint density at radius 2 is 0.810 bits per heavy atom. The van der Waals surface area contributed by atoms with Crippen molar-refractivity contribution in [3.05, 3.63) is 168 Å². The molecule has 316 valence electrons. The molecule has 8 rings (SSSR count). The standard InChI is InChI=1S/C55H60N4Si4/c1-60(2,3)46-30-25-42(26-31-46)58(41-21-17-39(37-56)18-22-41)45-29-34-50-51(35-45)55(62(7,8)9,63(10,11)12)52-36-53(48-15-13-14-16-49(48)54(50)52)59(43-23-19-40(38-57)20-24-43)44-27-32-47(33-28-44)61(4,5)6/h13-36H,1-12H3. The van der Waals surface area contributed by atoms with Gasteiger partial charge in [0, 0.05) is 38.5 Å². The molecule has 0 aromatic heterocycles. The fourth-order valence-corrected chi connectivity index (χ4v) is 26.1. The average molecular weight is 889 g/mol. The molecule has 0 unspecified atom stereocenters. The Morgan fingerprint density at radius 3 is 1.22 bits per heavy atom. The molecule has 1 aliphatic rings. The van der Waals surface area contributed by atoms with E-state index in [0.717, 1.165) is 34.1 Å². The summed E-state index contributed by atoms with van der Waals surface area (Å²) in [5.74, 6) is 0. The van der Waals surface area contributed by atoms with Gasteiger partial charge in [0.1, 0.15) is 0 Å². The van der Waals surface area contributed by atoms with Crippen molar-refractivity contribution in [2.24, 2.45) is 0 Å². The first-order valence-corrected chi connectivity index (χ1v) is 36.2. The summed E-state index contributed by atoms with van der Waals surface area (Å²) in [6.07, 6.45) is 0. The fourth-order valence-electron chi connectivity index (χ4n) is 10.7. The minimum Gasteiger partial charge on any atom is -0.310 e. The zero-order valence-electron chi connectivity index (χ0n) is 39.1. The van der Waals surface area contributed by atoms with Crippen LogP contribution in [-0.4, -0.2) is 32.3 Å². The van der Waals surface area contributed by atoms with Gasteiger partial charge in [-0.05, 0) is 119 Å². The first-order valence-electron chi connectivity index (χ1n) is 22.2. The van der Waals surface area contributed by atoms with Gasteiger partial charge in [0.25, 0.3) is 0 Å². The van der Waals surface area contributed by atoms with E-state index < -0.39 is 32.3 Å². The van der Waals surface area contributed by atoms with E-state index in [1.54, 1.807) is 0 Å². The van der Waals surface area contributed by atoms with Gasteiger partial charge in [0.15, 0.2) is 0 Å². The molecule has 0 N–H and O–H groups in total. The van der Waals surface area contributed by atoms with Crippen LogP contribution in [0.2, 0.25) is 78.6 Å². The minimum absolute atomic E-state index is 0.171.